The molecule has 1 aliphatic carbocycles. The van der Waals surface area contributed by atoms with E-state index in [0.717, 1.165) is 48.0 Å². The molecule has 3 N–H and O–H groups in total. The Morgan fingerprint density at radius 1 is 1.39 bits per heavy atom. The van der Waals surface area contributed by atoms with Crippen molar-refractivity contribution in [1.82, 2.24) is 5.32 Å². The number of rotatable bonds is 4. The van der Waals surface area contributed by atoms with Gasteiger partial charge in [-0.15, -0.1) is 0 Å². The van der Waals surface area contributed by atoms with Crippen molar-refractivity contribution in [3.8, 4) is 0 Å². The van der Waals surface area contributed by atoms with Crippen LogP contribution in [0, 0.1) is 5.92 Å². The summed E-state index contributed by atoms with van der Waals surface area (Å²) in [6.45, 7) is 4.19. The molecule has 1 saturated heterocycles. The van der Waals surface area contributed by atoms with Gasteiger partial charge in [-0.1, -0.05) is 17.7 Å². The van der Waals surface area contributed by atoms with E-state index in [1.807, 2.05) is 31.2 Å². The first-order valence-electron chi connectivity index (χ1n) is 9.70. The smallest absolute Gasteiger partial charge is 0.338 e. The molecule has 0 radical (unpaired) electrons. The minimum atomic E-state index is -0.317. The van der Waals surface area contributed by atoms with Gasteiger partial charge in [-0.3, -0.25) is 0 Å². The first-order chi connectivity index (χ1) is 13.5. The normalized spacial score (nSPS) is 22.4. The summed E-state index contributed by atoms with van der Waals surface area (Å²) in [7, 11) is 0. The molecule has 1 atom stereocenters. The molecule has 1 unspecified atom stereocenters. The molecule has 1 fully saturated rings. The molecule has 2 aliphatic rings. The lowest BCUT2D eigenvalue weighted by Gasteiger charge is -2.32. The molecular formula is C22H26BrClN2O2. The van der Waals surface area contributed by atoms with E-state index in [1.54, 1.807) is 0 Å². The van der Waals surface area contributed by atoms with Crippen LogP contribution in [0.2, 0.25) is 5.02 Å². The molecule has 1 aliphatic heterocycles. The van der Waals surface area contributed by atoms with Gasteiger partial charge < -0.3 is 15.8 Å². The lowest BCUT2D eigenvalue weighted by molar-refractivity contribution is -0.138. The van der Waals surface area contributed by atoms with E-state index in [-0.39, 0.29) is 5.97 Å². The van der Waals surface area contributed by atoms with Crippen LogP contribution in [0.3, 0.4) is 0 Å². The van der Waals surface area contributed by atoms with Crippen LogP contribution in [0.15, 0.2) is 46.1 Å². The van der Waals surface area contributed by atoms with E-state index < -0.39 is 0 Å². The lowest BCUT2D eigenvalue weighted by atomic mass is 9.76. The Kier molecular flexibility index (Phi) is 7.38. The number of hydrogen-bond acceptors (Lipinski definition) is 4. The van der Waals surface area contributed by atoms with E-state index >= 15 is 0 Å². The van der Waals surface area contributed by atoms with Crippen molar-refractivity contribution < 1.29 is 9.53 Å². The highest BCUT2D eigenvalue weighted by molar-refractivity contribution is 9.11. The number of nitrogens with two attached hydrogens (primary N) is 1. The van der Waals surface area contributed by atoms with E-state index in [0.29, 0.717) is 29.0 Å². The third-order valence-electron chi connectivity index (χ3n) is 5.45. The maximum Gasteiger partial charge on any atom is 0.338 e. The monoisotopic (exact) mass is 464 g/mol. The van der Waals surface area contributed by atoms with Gasteiger partial charge in [-0.25, -0.2) is 4.79 Å². The van der Waals surface area contributed by atoms with Crippen LogP contribution in [0.4, 0.5) is 0 Å². The fourth-order valence-corrected chi connectivity index (χ4v) is 4.59. The summed E-state index contributed by atoms with van der Waals surface area (Å²) >= 11 is 9.76. The molecule has 3 rings (SSSR count). The first kappa shape index (κ1) is 21.2. The number of nitrogens with one attached hydrogen (secondary N) is 1. The zero-order chi connectivity index (χ0) is 20.1. The number of ether oxygens (including phenoxy) is 1. The molecule has 1 aromatic rings. The molecule has 150 valence electrons. The number of benzene rings is 1. The highest BCUT2D eigenvalue weighted by Gasteiger charge is 2.32. The summed E-state index contributed by atoms with van der Waals surface area (Å²) < 4.78 is 6.09. The largest absolute Gasteiger partial charge is 0.462 e. The number of fused-ring (bicyclic) bond motifs is 1. The second-order valence-corrected chi connectivity index (χ2v) is 8.52. The van der Waals surface area contributed by atoms with Gasteiger partial charge >= 0.3 is 5.97 Å². The van der Waals surface area contributed by atoms with Crippen molar-refractivity contribution >= 4 is 39.6 Å². The second kappa shape index (κ2) is 9.77. The SMILES string of the molecule is CCOC(=O)C1=Cc2cc(Cl)ccc2C(C2CCNCC2)C/C1=C\C(Br)=C/N. The van der Waals surface area contributed by atoms with Crippen LogP contribution in [-0.4, -0.2) is 25.7 Å². The van der Waals surface area contributed by atoms with Crippen LogP contribution < -0.4 is 11.1 Å². The second-order valence-electron chi connectivity index (χ2n) is 7.17. The molecule has 0 amide bonds. The van der Waals surface area contributed by atoms with Crippen molar-refractivity contribution in [2.24, 2.45) is 11.7 Å². The van der Waals surface area contributed by atoms with Crippen molar-refractivity contribution in [2.75, 3.05) is 19.7 Å². The Hall–Kier alpha value is -1.56. The summed E-state index contributed by atoms with van der Waals surface area (Å²) in [5, 5.41) is 4.11. The fraction of sp³-hybridized carbons (Fsp3) is 0.409. The molecule has 0 saturated carbocycles. The zero-order valence-corrected chi connectivity index (χ0v) is 18.4. The van der Waals surface area contributed by atoms with Gasteiger partial charge in [0.1, 0.15) is 0 Å². The summed E-state index contributed by atoms with van der Waals surface area (Å²) in [6.07, 6.45) is 8.33. The molecule has 0 aromatic heterocycles. The molecule has 0 bridgehead atoms. The number of piperidine rings is 1. The van der Waals surface area contributed by atoms with Crippen molar-refractivity contribution in [3.63, 3.8) is 0 Å². The van der Waals surface area contributed by atoms with Crippen LogP contribution in [0.5, 0.6) is 0 Å². The van der Waals surface area contributed by atoms with Gasteiger partial charge in [0, 0.05) is 15.7 Å². The lowest BCUT2D eigenvalue weighted by Crippen LogP contribution is -2.31. The fourth-order valence-electron chi connectivity index (χ4n) is 4.13. The summed E-state index contributed by atoms with van der Waals surface area (Å²) in [4.78, 5) is 12.8. The Morgan fingerprint density at radius 2 is 2.14 bits per heavy atom. The quantitative estimate of drug-likeness (QED) is 0.621. The summed E-state index contributed by atoms with van der Waals surface area (Å²) in [6, 6.07) is 6.00. The third-order valence-corrected chi connectivity index (χ3v) is 6.18. The van der Waals surface area contributed by atoms with E-state index in [2.05, 4.69) is 27.3 Å². The first-order valence-corrected chi connectivity index (χ1v) is 10.9. The van der Waals surface area contributed by atoms with Crippen molar-refractivity contribution in [1.29, 1.82) is 0 Å². The number of esters is 1. The average molecular weight is 466 g/mol. The predicted molar refractivity (Wildman–Crippen MR) is 118 cm³/mol. The Balaban J connectivity index is 2.13. The minimum absolute atomic E-state index is 0.307. The number of allylic oxidation sites excluding steroid dienone is 2. The van der Waals surface area contributed by atoms with E-state index in [4.69, 9.17) is 22.1 Å². The molecule has 1 aromatic carbocycles. The van der Waals surface area contributed by atoms with Gasteiger partial charge in [-0.05, 0) is 108 Å². The van der Waals surface area contributed by atoms with Crippen molar-refractivity contribution in [3.05, 3.63) is 62.3 Å². The van der Waals surface area contributed by atoms with Crippen LogP contribution in [0.1, 0.15) is 43.2 Å². The van der Waals surface area contributed by atoms with Gasteiger partial charge in [0.25, 0.3) is 0 Å². The van der Waals surface area contributed by atoms with E-state index in [9.17, 15) is 4.79 Å². The zero-order valence-electron chi connectivity index (χ0n) is 16.0. The Labute approximate surface area is 180 Å². The van der Waals surface area contributed by atoms with Gasteiger partial charge in [0.05, 0.1) is 12.2 Å². The highest BCUT2D eigenvalue weighted by atomic mass is 79.9. The van der Waals surface area contributed by atoms with E-state index in [1.165, 1.54) is 11.8 Å². The molecular weight excluding hydrogens is 440 g/mol. The number of halogens is 2. The van der Waals surface area contributed by atoms with Crippen LogP contribution in [0.25, 0.3) is 6.08 Å². The number of carbonyl (C=O) groups excluding carboxylic acids is 1. The third kappa shape index (κ3) is 4.88. The van der Waals surface area contributed by atoms with Crippen LogP contribution >= 0.6 is 27.5 Å². The number of carbonyl (C=O) groups is 1. The molecule has 0 spiro atoms. The number of hydrogen-bond donors (Lipinski definition) is 2. The molecule has 28 heavy (non-hydrogen) atoms. The summed E-state index contributed by atoms with van der Waals surface area (Å²) in [5.41, 5.74) is 9.42. The average Bonchev–Trinajstić information content (AvgIpc) is 2.85. The van der Waals surface area contributed by atoms with Gasteiger partial charge in [0.15, 0.2) is 0 Å². The maximum atomic E-state index is 12.8. The predicted octanol–water partition coefficient (Wildman–Crippen LogP) is 4.89. The molecule has 1 heterocycles. The topological polar surface area (TPSA) is 64.3 Å². The Bertz CT molecular complexity index is 826. The Morgan fingerprint density at radius 3 is 2.82 bits per heavy atom. The summed E-state index contributed by atoms with van der Waals surface area (Å²) in [5.74, 6) is 0.532. The van der Waals surface area contributed by atoms with Gasteiger partial charge in [-0.2, -0.15) is 0 Å². The highest BCUT2D eigenvalue weighted by Crippen LogP contribution is 2.43. The van der Waals surface area contributed by atoms with Gasteiger partial charge in [0.2, 0.25) is 0 Å². The van der Waals surface area contributed by atoms with Crippen LogP contribution in [-0.2, 0) is 9.53 Å². The minimum Gasteiger partial charge on any atom is -0.462 e. The maximum absolute atomic E-state index is 12.8. The molecule has 6 heteroatoms. The standard InChI is InChI=1S/C22H26BrClN2O2/c1-2-28-22(27)21-12-16-10-18(24)3-4-19(16)20(14-5-7-26-8-6-14)11-15(21)9-17(23)13-25/h3-4,9-10,12-14,20,26H,2,5-8,11,25H2,1H3/b15-9+,17-13+. The van der Waals surface area contributed by atoms with Crippen molar-refractivity contribution in [2.45, 2.75) is 32.1 Å². The molecule has 4 nitrogen and oxygen atoms in total.